The quantitative estimate of drug-likeness (QED) is 0.905. The number of alkyl halides is 3. The Morgan fingerprint density at radius 1 is 1.21 bits per heavy atom. The van der Waals surface area contributed by atoms with Crippen LogP contribution in [0.1, 0.15) is 38.3 Å². The van der Waals surface area contributed by atoms with Crippen LogP contribution in [0.5, 0.6) is 0 Å². The van der Waals surface area contributed by atoms with E-state index in [-0.39, 0.29) is 17.8 Å². The van der Waals surface area contributed by atoms with Gasteiger partial charge in [0, 0.05) is 24.8 Å². The third-order valence-electron chi connectivity index (χ3n) is 3.74. The molecule has 108 valence electrons. The highest BCUT2D eigenvalue weighted by molar-refractivity contribution is 5.57. The molecule has 2 nitrogen and oxygen atoms in total. The van der Waals surface area contributed by atoms with Gasteiger partial charge in [0.1, 0.15) is 0 Å². The maximum atomic E-state index is 13.1. The lowest BCUT2D eigenvalue weighted by molar-refractivity contribution is -0.137. The van der Waals surface area contributed by atoms with Gasteiger partial charge in [0.25, 0.3) is 0 Å². The molecular weight excluding hydrogens is 253 g/mol. The molecule has 0 aliphatic carbocycles. The summed E-state index contributed by atoms with van der Waals surface area (Å²) >= 11 is 0. The molecule has 1 aromatic rings. The smallest absolute Gasteiger partial charge is 0.369 e. The number of hydrogen-bond acceptors (Lipinski definition) is 2. The lowest BCUT2D eigenvalue weighted by Gasteiger charge is -2.38. The molecular formula is C14H21F3N2. The van der Waals surface area contributed by atoms with Crippen molar-refractivity contribution in [3.8, 4) is 0 Å². The molecule has 1 rings (SSSR count). The number of rotatable bonds is 4. The highest BCUT2D eigenvalue weighted by Gasteiger charge is 2.36. The Morgan fingerprint density at radius 2 is 1.79 bits per heavy atom. The number of halogens is 3. The lowest BCUT2D eigenvalue weighted by atomic mass is 9.97. The molecule has 19 heavy (non-hydrogen) atoms. The van der Waals surface area contributed by atoms with E-state index in [1.165, 1.54) is 6.07 Å². The Labute approximate surface area is 112 Å². The Bertz CT molecular complexity index is 439. The van der Waals surface area contributed by atoms with Gasteiger partial charge in [-0.05, 0) is 38.0 Å². The molecule has 0 saturated carbocycles. The van der Waals surface area contributed by atoms with Gasteiger partial charge in [0.2, 0.25) is 0 Å². The molecule has 0 aliphatic rings. The first-order chi connectivity index (χ1) is 8.63. The second-order valence-electron chi connectivity index (χ2n) is 5.28. The van der Waals surface area contributed by atoms with Gasteiger partial charge in [-0.15, -0.1) is 0 Å². The Kier molecular flexibility index (Phi) is 4.50. The average Bonchev–Trinajstić information content (AvgIpc) is 2.36. The first-order valence-electron chi connectivity index (χ1n) is 6.27. The van der Waals surface area contributed by atoms with Crippen LogP contribution < -0.4 is 10.6 Å². The van der Waals surface area contributed by atoms with E-state index in [0.29, 0.717) is 5.56 Å². The van der Waals surface area contributed by atoms with E-state index < -0.39 is 11.7 Å². The zero-order chi connectivity index (χ0) is 14.8. The summed E-state index contributed by atoms with van der Waals surface area (Å²) in [5, 5.41) is 0. The summed E-state index contributed by atoms with van der Waals surface area (Å²) in [6.07, 6.45) is -3.63. The molecule has 0 fully saturated rings. The van der Waals surface area contributed by atoms with Crippen LogP contribution in [0.2, 0.25) is 0 Å². The van der Waals surface area contributed by atoms with Crippen LogP contribution in [0, 0.1) is 0 Å². The van der Waals surface area contributed by atoms with Crippen LogP contribution in [-0.4, -0.2) is 12.6 Å². The predicted molar refractivity (Wildman–Crippen MR) is 72.1 cm³/mol. The van der Waals surface area contributed by atoms with Gasteiger partial charge in [-0.2, -0.15) is 13.2 Å². The molecule has 0 unspecified atom stereocenters. The van der Waals surface area contributed by atoms with Gasteiger partial charge in [-0.1, -0.05) is 13.0 Å². The maximum absolute atomic E-state index is 13.1. The third-order valence-corrected chi connectivity index (χ3v) is 3.74. The second-order valence-corrected chi connectivity index (χ2v) is 5.28. The lowest BCUT2D eigenvalue weighted by Crippen LogP contribution is -2.41. The van der Waals surface area contributed by atoms with Gasteiger partial charge in [-0.25, -0.2) is 0 Å². The molecule has 0 aliphatic heterocycles. The fourth-order valence-electron chi connectivity index (χ4n) is 1.79. The molecule has 0 amide bonds. The van der Waals surface area contributed by atoms with Crippen LogP contribution in [0.3, 0.4) is 0 Å². The summed E-state index contributed by atoms with van der Waals surface area (Å²) < 4.78 is 39.4. The largest absolute Gasteiger partial charge is 0.418 e. The minimum absolute atomic E-state index is 0.101. The molecule has 0 spiro atoms. The molecule has 0 radical (unpaired) electrons. The molecule has 1 aromatic carbocycles. The second kappa shape index (κ2) is 5.41. The summed E-state index contributed by atoms with van der Waals surface area (Å²) in [5.41, 5.74) is 5.13. The number of anilines is 1. The topological polar surface area (TPSA) is 29.3 Å². The minimum atomic E-state index is -4.38. The molecule has 0 aromatic heterocycles. The van der Waals surface area contributed by atoms with Crippen molar-refractivity contribution in [1.82, 2.24) is 0 Å². The highest BCUT2D eigenvalue weighted by atomic mass is 19.4. The third kappa shape index (κ3) is 3.41. The fraction of sp³-hybridized carbons (Fsp3) is 0.571. The highest BCUT2D eigenvalue weighted by Crippen LogP contribution is 2.39. The van der Waals surface area contributed by atoms with Crippen LogP contribution >= 0.6 is 0 Å². The summed E-state index contributed by atoms with van der Waals surface area (Å²) in [5.74, 6) is 0. The maximum Gasteiger partial charge on any atom is 0.418 e. The standard InChI is InChI=1S/C14H21F3N2/c1-5-13(2,3)19(4)12-7-6-10(9-18)8-11(12)14(15,16)17/h6-8H,5,9,18H2,1-4H3. The Morgan fingerprint density at radius 3 is 2.21 bits per heavy atom. The van der Waals surface area contributed by atoms with E-state index in [1.807, 2.05) is 20.8 Å². The predicted octanol–water partition coefficient (Wildman–Crippen LogP) is 3.79. The van der Waals surface area contributed by atoms with Crippen molar-refractivity contribution in [2.75, 3.05) is 11.9 Å². The molecule has 0 saturated heterocycles. The monoisotopic (exact) mass is 274 g/mol. The van der Waals surface area contributed by atoms with E-state index in [2.05, 4.69) is 0 Å². The van der Waals surface area contributed by atoms with E-state index in [9.17, 15) is 13.2 Å². The van der Waals surface area contributed by atoms with Crippen molar-refractivity contribution in [2.24, 2.45) is 5.73 Å². The minimum Gasteiger partial charge on any atom is -0.369 e. The molecule has 0 bridgehead atoms. The summed E-state index contributed by atoms with van der Waals surface area (Å²) in [6, 6.07) is 4.28. The fourth-order valence-corrected chi connectivity index (χ4v) is 1.79. The zero-order valence-corrected chi connectivity index (χ0v) is 11.8. The van der Waals surface area contributed by atoms with Crippen LogP contribution in [0.4, 0.5) is 18.9 Å². The van der Waals surface area contributed by atoms with Crippen LogP contribution in [-0.2, 0) is 12.7 Å². The van der Waals surface area contributed by atoms with E-state index >= 15 is 0 Å². The average molecular weight is 274 g/mol. The van der Waals surface area contributed by atoms with Gasteiger partial charge >= 0.3 is 6.18 Å². The zero-order valence-electron chi connectivity index (χ0n) is 11.8. The summed E-state index contributed by atoms with van der Waals surface area (Å²) in [7, 11) is 1.69. The van der Waals surface area contributed by atoms with Gasteiger partial charge in [-0.3, -0.25) is 0 Å². The van der Waals surface area contributed by atoms with Gasteiger partial charge < -0.3 is 10.6 Å². The number of nitrogens with two attached hydrogens (primary N) is 1. The SMILES string of the molecule is CCC(C)(C)N(C)c1ccc(CN)cc1C(F)(F)F. The molecule has 5 heteroatoms. The normalized spacial score (nSPS) is 12.6. The summed E-state index contributed by atoms with van der Waals surface area (Å²) in [6.45, 7) is 5.90. The molecule has 0 atom stereocenters. The number of nitrogens with zero attached hydrogens (tertiary/aromatic N) is 1. The van der Waals surface area contributed by atoms with Crippen molar-refractivity contribution in [2.45, 2.75) is 45.5 Å². The van der Waals surface area contributed by atoms with Gasteiger partial charge in [0.15, 0.2) is 0 Å². The molecule has 2 N–H and O–H groups in total. The number of hydrogen-bond donors (Lipinski definition) is 1. The van der Waals surface area contributed by atoms with E-state index in [1.54, 1.807) is 18.0 Å². The number of benzene rings is 1. The Hall–Kier alpha value is -1.23. The van der Waals surface area contributed by atoms with E-state index in [4.69, 9.17) is 5.73 Å². The molecule has 0 heterocycles. The van der Waals surface area contributed by atoms with Crippen LogP contribution in [0.15, 0.2) is 18.2 Å². The van der Waals surface area contributed by atoms with Crippen molar-refractivity contribution in [3.63, 3.8) is 0 Å². The Balaban J connectivity index is 3.35. The van der Waals surface area contributed by atoms with E-state index in [0.717, 1.165) is 12.5 Å². The van der Waals surface area contributed by atoms with Crippen molar-refractivity contribution < 1.29 is 13.2 Å². The van der Waals surface area contributed by atoms with Crippen molar-refractivity contribution in [1.29, 1.82) is 0 Å². The van der Waals surface area contributed by atoms with Crippen molar-refractivity contribution >= 4 is 5.69 Å². The first kappa shape index (κ1) is 15.8. The van der Waals surface area contributed by atoms with Crippen LogP contribution in [0.25, 0.3) is 0 Å². The summed E-state index contributed by atoms with van der Waals surface area (Å²) in [4.78, 5) is 1.68. The first-order valence-corrected chi connectivity index (χ1v) is 6.27. The van der Waals surface area contributed by atoms with Crippen molar-refractivity contribution in [3.05, 3.63) is 29.3 Å². The van der Waals surface area contributed by atoms with Gasteiger partial charge in [0.05, 0.1) is 5.56 Å².